The van der Waals surface area contributed by atoms with Gasteiger partial charge in [0.25, 0.3) is 5.91 Å². The monoisotopic (exact) mass is 354 g/mol. The lowest BCUT2D eigenvalue weighted by atomic mass is 10.1. The number of thiazole rings is 1. The number of aryl methyl sites for hydroxylation is 2. The van der Waals surface area contributed by atoms with Gasteiger partial charge in [-0.2, -0.15) is 0 Å². The van der Waals surface area contributed by atoms with Crippen molar-refractivity contribution in [3.8, 4) is 0 Å². The van der Waals surface area contributed by atoms with Crippen LogP contribution in [0.1, 0.15) is 27.3 Å². The van der Waals surface area contributed by atoms with E-state index in [2.05, 4.69) is 47.3 Å². The van der Waals surface area contributed by atoms with Crippen LogP contribution in [0.5, 0.6) is 0 Å². The minimum absolute atomic E-state index is 0.0379. The van der Waals surface area contributed by atoms with E-state index in [0.717, 1.165) is 36.8 Å². The first-order valence-electron chi connectivity index (χ1n) is 8.58. The number of hydrogen-bond donors (Lipinski definition) is 0. The summed E-state index contributed by atoms with van der Waals surface area (Å²) in [6.45, 7) is 9.52. The van der Waals surface area contributed by atoms with Crippen LogP contribution in [-0.4, -0.2) is 46.4 Å². The summed E-state index contributed by atoms with van der Waals surface area (Å²) >= 11 is 1.57. The quantitative estimate of drug-likeness (QED) is 0.709. The highest BCUT2D eigenvalue weighted by molar-refractivity contribution is 7.15. The molecule has 1 saturated heterocycles. The van der Waals surface area contributed by atoms with E-state index in [4.69, 9.17) is 0 Å². The van der Waals surface area contributed by atoms with Crippen molar-refractivity contribution in [1.29, 1.82) is 0 Å². The summed E-state index contributed by atoms with van der Waals surface area (Å²) in [5.74, 6) is 0.0379. The Kier molecular flexibility index (Phi) is 4.00. The molecular weight excluding hydrogens is 332 g/mol. The Hall–Kier alpha value is -2.34. The third kappa shape index (κ3) is 2.80. The summed E-state index contributed by atoms with van der Waals surface area (Å²) in [7, 11) is 0. The fraction of sp³-hybridized carbons (Fsp3) is 0.368. The number of aromatic nitrogens is 2. The maximum atomic E-state index is 12.8. The van der Waals surface area contributed by atoms with E-state index in [9.17, 15) is 4.79 Å². The zero-order valence-corrected chi connectivity index (χ0v) is 15.6. The van der Waals surface area contributed by atoms with E-state index in [1.165, 1.54) is 16.8 Å². The van der Waals surface area contributed by atoms with Crippen molar-refractivity contribution in [3.05, 3.63) is 52.3 Å². The minimum Gasteiger partial charge on any atom is -0.368 e. The molecule has 3 heterocycles. The number of imidazole rings is 1. The Bertz CT molecular complexity index is 934. The highest BCUT2D eigenvalue weighted by Crippen LogP contribution is 2.24. The Morgan fingerprint density at radius 3 is 2.60 bits per heavy atom. The number of benzene rings is 1. The fourth-order valence-electron chi connectivity index (χ4n) is 3.39. The van der Waals surface area contributed by atoms with Gasteiger partial charge in [-0.25, -0.2) is 4.98 Å². The van der Waals surface area contributed by atoms with Gasteiger partial charge in [-0.1, -0.05) is 12.1 Å². The Balaban J connectivity index is 1.47. The molecule has 5 nitrogen and oxygen atoms in total. The van der Waals surface area contributed by atoms with Gasteiger partial charge < -0.3 is 9.80 Å². The van der Waals surface area contributed by atoms with Crippen LogP contribution in [0.3, 0.4) is 0 Å². The second-order valence-electron chi connectivity index (χ2n) is 6.65. The van der Waals surface area contributed by atoms with Gasteiger partial charge in [-0.05, 0) is 38.0 Å². The molecule has 0 N–H and O–H groups in total. The van der Waals surface area contributed by atoms with Crippen LogP contribution in [0.15, 0.2) is 29.8 Å². The van der Waals surface area contributed by atoms with Gasteiger partial charge in [0, 0.05) is 49.1 Å². The normalized spacial score (nSPS) is 15.2. The van der Waals surface area contributed by atoms with E-state index >= 15 is 0 Å². The van der Waals surface area contributed by atoms with Gasteiger partial charge in [0.1, 0.15) is 5.69 Å². The van der Waals surface area contributed by atoms with E-state index < -0.39 is 0 Å². The first kappa shape index (κ1) is 16.1. The fourth-order valence-corrected chi connectivity index (χ4v) is 4.24. The first-order chi connectivity index (χ1) is 12.0. The molecular formula is C19H22N4OS. The second-order valence-corrected chi connectivity index (χ2v) is 7.49. The predicted octanol–water partition coefficient (Wildman–Crippen LogP) is 3.28. The maximum Gasteiger partial charge on any atom is 0.274 e. The summed E-state index contributed by atoms with van der Waals surface area (Å²) in [6, 6.07) is 6.42. The predicted molar refractivity (Wildman–Crippen MR) is 102 cm³/mol. The molecule has 0 radical (unpaired) electrons. The summed E-state index contributed by atoms with van der Waals surface area (Å²) in [5, 5.41) is 2.06. The molecule has 0 spiro atoms. The molecule has 0 atom stereocenters. The Labute approximate surface area is 151 Å². The summed E-state index contributed by atoms with van der Waals surface area (Å²) < 4.78 is 1.99. The smallest absolute Gasteiger partial charge is 0.274 e. The topological polar surface area (TPSA) is 40.9 Å². The Morgan fingerprint density at radius 1 is 1.12 bits per heavy atom. The van der Waals surface area contributed by atoms with Crippen molar-refractivity contribution < 1.29 is 4.79 Å². The summed E-state index contributed by atoms with van der Waals surface area (Å²) in [5.41, 5.74) is 5.59. The van der Waals surface area contributed by atoms with Gasteiger partial charge in [-0.15, -0.1) is 11.3 Å². The van der Waals surface area contributed by atoms with Crippen molar-refractivity contribution >= 4 is 27.9 Å². The van der Waals surface area contributed by atoms with Crippen molar-refractivity contribution in [3.63, 3.8) is 0 Å². The summed E-state index contributed by atoms with van der Waals surface area (Å²) in [4.78, 5) is 22.4. The van der Waals surface area contributed by atoms with Crippen molar-refractivity contribution in [2.75, 3.05) is 31.1 Å². The van der Waals surface area contributed by atoms with Crippen molar-refractivity contribution in [2.24, 2.45) is 0 Å². The van der Waals surface area contributed by atoms with Crippen LogP contribution >= 0.6 is 11.3 Å². The SMILES string of the molecule is Cc1cccc(N2CCN(C(=O)c3cn4c(C)csc4n3)CC2)c1C. The Morgan fingerprint density at radius 2 is 1.88 bits per heavy atom. The zero-order chi connectivity index (χ0) is 17.6. The zero-order valence-electron chi connectivity index (χ0n) is 14.8. The van der Waals surface area contributed by atoms with E-state index in [-0.39, 0.29) is 5.91 Å². The van der Waals surface area contributed by atoms with Crippen LogP contribution in [0, 0.1) is 20.8 Å². The summed E-state index contributed by atoms with van der Waals surface area (Å²) in [6.07, 6.45) is 1.86. The molecule has 1 aliphatic rings. The molecule has 1 fully saturated rings. The van der Waals surface area contributed by atoms with E-state index in [1.54, 1.807) is 11.3 Å². The lowest BCUT2D eigenvalue weighted by molar-refractivity contribution is 0.0741. The van der Waals surface area contributed by atoms with Crippen LogP contribution in [0.4, 0.5) is 5.69 Å². The van der Waals surface area contributed by atoms with Crippen molar-refractivity contribution in [2.45, 2.75) is 20.8 Å². The number of anilines is 1. The molecule has 3 aromatic rings. The number of hydrogen-bond acceptors (Lipinski definition) is 4. The maximum absolute atomic E-state index is 12.8. The average molecular weight is 354 g/mol. The standard InChI is InChI=1S/C19H22N4OS/c1-13-5-4-6-17(15(13)3)21-7-9-22(10-8-21)18(24)16-11-23-14(2)12-25-19(23)20-16/h4-6,11-12H,7-10H2,1-3H3. The lowest BCUT2D eigenvalue weighted by Gasteiger charge is -2.36. The van der Waals surface area contributed by atoms with Gasteiger partial charge >= 0.3 is 0 Å². The molecule has 6 heteroatoms. The number of amides is 1. The van der Waals surface area contributed by atoms with Gasteiger partial charge in [0.15, 0.2) is 4.96 Å². The van der Waals surface area contributed by atoms with Crippen LogP contribution in [0.2, 0.25) is 0 Å². The van der Waals surface area contributed by atoms with Gasteiger partial charge in [0.2, 0.25) is 0 Å². The molecule has 1 aromatic carbocycles. The highest BCUT2D eigenvalue weighted by Gasteiger charge is 2.25. The number of fused-ring (bicyclic) bond motifs is 1. The van der Waals surface area contributed by atoms with E-state index in [0.29, 0.717) is 5.69 Å². The molecule has 0 unspecified atom stereocenters. The van der Waals surface area contributed by atoms with Crippen molar-refractivity contribution in [1.82, 2.24) is 14.3 Å². The number of rotatable bonds is 2. The first-order valence-corrected chi connectivity index (χ1v) is 9.46. The lowest BCUT2D eigenvalue weighted by Crippen LogP contribution is -2.49. The molecule has 4 rings (SSSR count). The van der Waals surface area contributed by atoms with Crippen LogP contribution in [-0.2, 0) is 0 Å². The number of carbonyl (C=O) groups excluding carboxylic acids is 1. The van der Waals surface area contributed by atoms with Crippen LogP contribution in [0.25, 0.3) is 4.96 Å². The molecule has 0 saturated carbocycles. The van der Waals surface area contributed by atoms with Crippen LogP contribution < -0.4 is 4.90 Å². The number of piperazine rings is 1. The largest absolute Gasteiger partial charge is 0.368 e. The third-order valence-corrected chi connectivity index (χ3v) is 6.05. The van der Waals surface area contributed by atoms with Gasteiger partial charge in [0.05, 0.1) is 0 Å². The highest BCUT2D eigenvalue weighted by atomic mass is 32.1. The molecule has 1 aliphatic heterocycles. The van der Waals surface area contributed by atoms with Gasteiger partial charge in [-0.3, -0.25) is 9.20 Å². The molecule has 0 bridgehead atoms. The number of nitrogens with zero attached hydrogens (tertiary/aromatic N) is 4. The third-order valence-electron chi connectivity index (χ3n) is 5.09. The number of carbonyl (C=O) groups is 1. The van der Waals surface area contributed by atoms with E-state index in [1.807, 2.05) is 22.4 Å². The average Bonchev–Trinajstić information content (AvgIpc) is 3.19. The molecule has 25 heavy (non-hydrogen) atoms. The molecule has 2 aromatic heterocycles. The minimum atomic E-state index is 0.0379. The molecule has 1 amide bonds. The molecule has 0 aliphatic carbocycles. The second kappa shape index (κ2) is 6.19. The molecule has 130 valence electrons.